The van der Waals surface area contributed by atoms with Crippen LogP contribution in [0.3, 0.4) is 0 Å². The maximum absolute atomic E-state index is 12.4. The van der Waals surface area contributed by atoms with Crippen LogP contribution in [0.5, 0.6) is 0 Å². The largest absolute Gasteiger partial charge is 0.506 e. The predicted molar refractivity (Wildman–Crippen MR) is 119 cm³/mol. The lowest BCUT2D eigenvalue weighted by Gasteiger charge is -2.03. The van der Waals surface area contributed by atoms with E-state index in [1.807, 2.05) is 36.6 Å². The number of esters is 1. The summed E-state index contributed by atoms with van der Waals surface area (Å²) >= 11 is 8.81. The molecule has 0 unspecified atom stereocenters. The molecule has 1 heterocycles. The molecule has 0 spiro atoms. The summed E-state index contributed by atoms with van der Waals surface area (Å²) in [5, 5.41) is 11.7. The van der Waals surface area contributed by atoms with E-state index in [1.165, 1.54) is 11.8 Å². The number of rotatable bonds is 5. The minimum atomic E-state index is -0.596. The molecule has 0 bridgehead atoms. The van der Waals surface area contributed by atoms with Crippen molar-refractivity contribution >= 4 is 57.9 Å². The van der Waals surface area contributed by atoms with E-state index in [2.05, 4.69) is 4.99 Å². The van der Waals surface area contributed by atoms with E-state index in [0.29, 0.717) is 20.7 Å². The molecule has 7 heteroatoms. The van der Waals surface area contributed by atoms with Gasteiger partial charge in [-0.05, 0) is 61.2 Å². The number of benzene rings is 2. The molecule has 0 aliphatic carbocycles. The van der Waals surface area contributed by atoms with Gasteiger partial charge < -0.3 is 9.84 Å². The SMILES string of the molecule is CCOC(=O)C1=C(O)/C(=C\c2ccc(SC)cc2)SC1=Nc1ccc(Cl)cc1. The summed E-state index contributed by atoms with van der Waals surface area (Å²) in [6, 6.07) is 14.9. The Kier molecular flexibility index (Phi) is 6.88. The van der Waals surface area contributed by atoms with Crippen molar-refractivity contribution in [3.05, 3.63) is 75.4 Å². The number of aliphatic hydroxyl groups is 1. The van der Waals surface area contributed by atoms with Crippen molar-refractivity contribution in [3.8, 4) is 0 Å². The van der Waals surface area contributed by atoms with Gasteiger partial charge in [0.25, 0.3) is 0 Å². The number of aliphatic imine (C=N–C) groups is 1. The summed E-state index contributed by atoms with van der Waals surface area (Å²) in [6.07, 6.45) is 3.84. The number of halogens is 1. The lowest BCUT2D eigenvalue weighted by molar-refractivity contribution is -0.138. The molecule has 0 fully saturated rings. The van der Waals surface area contributed by atoms with Crippen LogP contribution < -0.4 is 0 Å². The molecule has 0 radical (unpaired) electrons. The van der Waals surface area contributed by atoms with E-state index in [-0.39, 0.29) is 17.9 Å². The second-order valence-electron chi connectivity index (χ2n) is 5.72. The summed E-state index contributed by atoms with van der Waals surface area (Å²) in [7, 11) is 0. The van der Waals surface area contributed by atoms with Gasteiger partial charge in [0.15, 0.2) is 0 Å². The van der Waals surface area contributed by atoms with E-state index in [0.717, 1.165) is 10.5 Å². The van der Waals surface area contributed by atoms with Crippen LogP contribution in [-0.2, 0) is 9.53 Å². The molecule has 2 aromatic rings. The summed E-state index contributed by atoms with van der Waals surface area (Å²) in [4.78, 5) is 18.6. The predicted octanol–water partition coefficient (Wildman–Crippen LogP) is 6.26. The summed E-state index contributed by atoms with van der Waals surface area (Å²) in [5.41, 5.74) is 1.63. The number of carbonyl (C=O) groups is 1. The monoisotopic (exact) mass is 431 g/mol. The average molecular weight is 432 g/mol. The van der Waals surface area contributed by atoms with Gasteiger partial charge in [-0.2, -0.15) is 0 Å². The highest BCUT2D eigenvalue weighted by atomic mass is 35.5. The standard InChI is InChI=1S/C21H18ClNO3S2/c1-3-26-21(25)18-19(24)17(12-13-4-10-16(27-2)11-5-13)28-20(18)23-15-8-6-14(22)7-9-15/h4-12,24H,3H2,1-2H3/b17-12+,23-20?. The Bertz CT molecular complexity index is 964. The number of hydrogen-bond acceptors (Lipinski definition) is 6. The molecule has 0 atom stereocenters. The van der Waals surface area contributed by atoms with Crippen LogP contribution in [0.4, 0.5) is 5.69 Å². The van der Waals surface area contributed by atoms with E-state index in [1.54, 1.807) is 43.0 Å². The normalized spacial score (nSPS) is 16.8. The van der Waals surface area contributed by atoms with Gasteiger partial charge in [-0.25, -0.2) is 9.79 Å². The molecular formula is C21H18ClNO3S2. The smallest absolute Gasteiger partial charge is 0.344 e. The third-order valence-corrected chi connectivity index (χ3v) is 5.86. The Hall–Kier alpha value is -2.15. The zero-order valence-electron chi connectivity index (χ0n) is 15.3. The summed E-state index contributed by atoms with van der Waals surface area (Å²) in [5.74, 6) is -0.716. The summed E-state index contributed by atoms with van der Waals surface area (Å²) in [6.45, 7) is 1.93. The molecule has 0 saturated heterocycles. The lowest BCUT2D eigenvalue weighted by Crippen LogP contribution is -2.12. The highest BCUT2D eigenvalue weighted by molar-refractivity contribution is 8.18. The molecule has 1 N–H and O–H groups in total. The van der Waals surface area contributed by atoms with E-state index < -0.39 is 5.97 Å². The third-order valence-electron chi connectivity index (χ3n) is 3.84. The third kappa shape index (κ3) is 4.82. The van der Waals surface area contributed by atoms with Crippen molar-refractivity contribution < 1.29 is 14.6 Å². The van der Waals surface area contributed by atoms with Crippen molar-refractivity contribution in [2.75, 3.05) is 12.9 Å². The van der Waals surface area contributed by atoms with Crippen molar-refractivity contribution in [2.24, 2.45) is 4.99 Å². The zero-order chi connectivity index (χ0) is 20.1. The first-order valence-electron chi connectivity index (χ1n) is 8.50. The molecule has 1 aliphatic heterocycles. The Morgan fingerprint density at radius 1 is 1.21 bits per heavy atom. The molecule has 1 aliphatic rings. The quantitative estimate of drug-likeness (QED) is 0.447. The zero-order valence-corrected chi connectivity index (χ0v) is 17.7. The molecule has 28 heavy (non-hydrogen) atoms. The van der Waals surface area contributed by atoms with Crippen LogP contribution in [-0.4, -0.2) is 29.0 Å². The van der Waals surface area contributed by atoms with E-state index >= 15 is 0 Å². The average Bonchev–Trinajstić information content (AvgIpc) is 2.99. The van der Waals surface area contributed by atoms with Gasteiger partial charge >= 0.3 is 5.97 Å². The van der Waals surface area contributed by atoms with Gasteiger partial charge in [0.2, 0.25) is 0 Å². The minimum absolute atomic E-state index is 0.0776. The topological polar surface area (TPSA) is 58.9 Å². The second kappa shape index (κ2) is 9.37. The number of hydrogen-bond donors (Lipinski definition) is 1. The van der Waals surface area contributed by atoms with E-state index in [4.69, 9.17) is 16.3 Å². The van der Waals surface area contributed by atoms with Crippen LogP contribution in [0.2, 0.25) is 5.02 Å². The first kappa shape index (κ1) is 20.6. The van der Waals surface area contributed by atoms with Crippen molar-refractivity contribution in [2.45, 2.75) is 11.8 Å². The maximum atomic E-state index is 12.4. The molecule has 2 aromatic carbocycles. The fourth-order valence-corrected chi connectivity index (χ4v) is 4.05. The van der Waals surface area contributed by atoms with Gasteiger partial charge in [-0.3, -0.25) is 0 Å². The number of ether oxygens (including phenoxy) is 1. The lowest BCUT2D eigenvalue weighted by atomic mass is 10.1. The molecule has 4 nitrogen and oxygen atoms in total. The molecule has 3 rings (SSSR count). The van der Waals surface area contributed by atoms with Gasteiger partial charge in [-0.1, -0.05) is 35.5 Å². The van der Waals surface area contributed by atoms with Gasteiger partial charge in [0.05, 0.1) is 17.2 Å². The van der Waals surface area contributed by atoms with Crippen LogP contribution in [0.15, 0.2) is 74.7 Å². The van der Waals surface area contributed by atoms with Gasteiger partial charge in [-0.15, -0.1) is 11.8 Å². The number of carbonyl (C=O) groups excluding carboxylic acids is 1. The molecule has 0 aromatic heterocycles. The Morgan fingerprint density at radius 3 is 2.50 bits per heavy atom. The maximum Gasteiger partial charge on any atom is 0.344 e. The van der Waals surface area contributed by atoms with Crippen LogP contribution in [0.25, 0.3) is 6.08 Å². The first-order chi connectivity index (χ1) is 13.5. The van der Waals surface area contributed by atoms with Crippen molar-refractivity contribution in [1.29, 1.82) is 0 Å². The second-order valence-corrected chi connectivity index (χ2v) is 8.07. The minimum Gasteiger partial charge on any atom is -0.506 e. The number of nitrogens with zero attached hydrogens (tertiary/aromatic N) is 1. The molecule has 144 valence electrons. The van der Waals surface area contributed by atoms with Gasteiger partial charge in [0.1, 0.15) is 16.4 Å². The number of aliphatic hydroxyl groups excluding tert-OH is 1. The van der Waals surface area contributed by atoms with Crippen LogP contribution in [0, 0.1) is 0 Å². The van der Waals surface area contributed by atoms with Crippen LogP contribution in [0.1, 0.15) is 12.5 Å². The highest BCUT2D eigenvalue weighted by Crippen LogP contribution is 2.40. The molecule has 0 amide bonds. The fraction of sp³-hybridized carbons (Fsp3) is 0.143. The fourth-order valence-electron chi connectivity index (χ4n) is 2.48. The highest BCUT2D eigenvalue weighted by Gasteiger charge is 2.33. The Morgan fingerprint density at radius 2 is 1.89 bits per heavy atom. The van der Waals surface area contributed by atoms with Crippen LogP contribution >= 0.6 is 35.1 Å². The van der Waals surface area contributed by atoms with E-state index in [9.17, 15) is 9.90 Å². The molecule has 0 saturated carbocycles. The van der Waals surface area contributed by atoms with Crippen molar-refractivity contribution in [1.82, 2.24) is 0 Å². The molecular weight excluding hydrogens is 414 g/mol. The number of thioether (sulfide) groups is 2. The first-order valence-corrected chi connectivity index (χ1v) is 10.9. The van der Waals surface area contributed by atoms with Crippen molar-refractivity contribution in [3.63, 3.8) is 0 Å². The Labute approximate surface area is 177 Å². The van der Waals surface area contributed by atoms with Gasteiger partial charge in [0, 0.05) is 9.92 Å². The Balaban J connectivity index is 2.00. The summed E-state index contributed by atoms with van der Waals surface area (Å²) < 4.78 is 5.11.